The Labute approximate surface area is 117 Å². The zero-order valence-electron chi connectivity index (χ0n) is 11.7. The van der Waals surface area contributed by atoms with Gasteiger partial charge in [-0.1, -0.05) is 24.3 Å². The first kappa shape index (κ1) is 13.3. The molecule has 1 aliphatic rings. The Morgan fingerprint density at radius 3 is 2.65 bits per heavy atom. The van der Waals surface area contributed by atoms with E-state index in [0.717, 1.165) is 18.7 Å². The predicted octanol–water partition coefficient (Wildman–Crippen LogP) is 3.85. The molecule has 0 saturated heterocycles. The molecule has 1 aliphatic heterocycles. The van der Waals surface area contributed by atoms with Crippen molar-refractivity contribution in [3.8, 4) is 0 Å². The molecule has 0 fully saturated rings. The summed E-state index contributed by atoms with van der Waals surface area (Å²) in [5.74, 6) is -1.46. The molecule has 20 heavy (non-hydrogen) atoms. The van der Waals surface area contributed by atoms with Gasteiger partial charge in [-0.25, -0.2) is 8.78 Å². The molecule has 0 aromatic heterocycles. The molecule has 0 radical (unpaired) electrons. The smallest absolute Gasteiger partial charge is 0.159 e. The highest BCUT2D eigenvalue weighted by atomic mass is 19.2. The lowest BCUT2D eigenvalue weighted by atomic mass is 9.82. The number of likely N-dealkylation sites (N-methyl/N-ethyl adjacent to an activating group) is 1. The Morgan fingerprint density at radius 2 is 1.90 bits per heavy atom. The highest BCUT2D eigenvalue weighted by Gasteiger charge is 2.26. The number of halogens is 2. The number of fused-ring (bicyclic) bond motifs is 1. The van der Waals surface area contributed by atoms with Crippen LogP contribution in [-0.4, -0.2) is 18.5 Å². The van der Waals surface area contributed by atoms with Gasteiger partial charge in [0, 0.05) is 19.0 Å². The first-order valence-corrected chi connectivity index (χ1v) is 6.78. The first-order valence-electron chi connectivity index (χ1n) is 6.78. The van der Waals surface area contributed by atoms with Gasteiger partial charge in [0.05, 0.1) is 0 Å². The lowest BCUT2D eigenvalue weighted by Gasteiger charge is -2.33. The summed E-state index contributed by atoms with van der Waals surface area (Å²) in [5.41, 5.74) is 4.58. The number of hydrogen-bond donors (Lipinski definition) is 0. The van der Waals surface area contributed by atoms with Gasteiger partial charge in [0.25, 0.3) is 0 Å². The lowest BCUT2D eigenvalue weighted by Crippen LogP contribution is -2.31. The van der Waals surface area contributed by atoms with Crippen LogP contribution in [-0.2, 0) is 6.54 Å². The minimum atomic E-state index is -0.789. The van der Waals surface area contributed by atoms with E-state index in [4.69, 9.17) is 0 Å². The molecule has 1 heterocycles. The molecule has 0 unspecified atom stereocenters. The standard InChI is InChI=1S/C17H17F2N/c1-11-4-3-5-13-9-20(2)10-14(17(11)13)12-6-7-15(18)16(19)8-12/h3-8,14H,9-10H2,1-2H3/t14-/m1/s1. The van der Waals surface area contributed by atoms with Crippen molar-refractivity contribution in [1.29, 1.82) is 0 Å². The summed E-state index contributed by atoms with van der Waals surface area (Å²) >= 11 is 0. The molecule has 0 saturated carbocycles. The zero-order valence-corrected chi connectivity index (χ0v) is 11.7. The second-order valence-electron chi connectivity index (χ2n) is 5.57. The summed E-state index contributed by atoms with van der Waals surface area (Å²) in [6.45, 7) is 3.80. The molecular formula is C17H17F2N. The van der Waals surface area contributed by atoms with Gasteiger partial charge in [-0.15, -0.1) is 0 Å². The highest BCUT2D eigenvalue weighted by Crippen LogP contribution is 2.35. The normalized spacial score (nSPS) is 18.9. The quantitative estimate of drug-likeness (QED) is 0.763. The van der Waals surface area contributed by atoms with E-state index in [9.17, 15) is 8.78 Å². The van der Waals surface area contributed by atoms with Crippen molar-refractivity contribution in [2.45, 2.75) is 19.4 Å². The molecule has 3 rings (SSSR count). The van der Waals surface area contributed by atoms with E-state index >= 15 is 0 Å². The van der Waals surface area contributed by atoms with E-state index in [-0.39, 0.29) is 5.92 Å². The Bertz CT molecular complexity index is 651. The Hall–Kier alpha value is -1.74. The molecule has 3 heteroatoms. The van der Waals surface area contributed by atoms with E-state index < -0.39 is 11.6 Å². The van der Waals surface area contributed by atoms with Crippen LogP contribution in [0.25, 0.3) is 0 Å². The van der Waals surface area contributed by atoms with Crippen molar-refractivity contribution in [1.82, 2.24) is 4.90 Å². The van der Waals surface area contributed by atoms with E-state index in [1.54, 1.807) is 6.07 Å². The fraction of sp³-hybridized carbons (Fsp3) is 0.294. The van der Waals surface area contributed by atoms with Gasteiger partial charge < -0.3 is 4.90 Å². The van der Waals surface area contributed by atoms with Crippen LogP contribution in [0.15, 0.2) is 36.4 Å². The Kier molecular flexibility index (Phi) is 3.30. The van der Waals surface area contributed by atoms with Crippen LogP contribution in [0.1, 0.15) is 28.2 Å². The largest absolute Gasteiger partial charge is 0.301 e. The van der Waals surface area contributed by atoms with Crippen molar-refractivity contribution in [2.75, 3.05) is 13.6 Å². The summed E-state index contributed by atoms with van der Waals surface area (Å²) in [6.07, 6.45) is 0. The predicted molar refractivity (Wildman–Crippen MR) is 75.7 cm³/mol. The Morgan fingerprint density at radius 1 is 1.10 bits per heavy atom. The summed E-state index contributed by atoms with van der Waals surface area (Å²) in [7, 11) is 2.05. The van der Waals surface area contributed by atoms with Crippen LogP contribution in [0.4, 0.5) is 8.78 Å². The SMILES string of the molecule is Cc1cccc2c1[C@@H](c1ccc(F)c(F)c1)CN(C)C2. The molecule has 104 valence electrons. The number of rotatable bonds is 1. The molecule has 2 aromatic carbocycles. The minimum Gasteiger partial charge on any atom is -0.301 e. The third-order valence-corrected chi connectivity index (χ3v) is 4.04. The van der Waals surface area contributed by atoms with E-state index in [1.807, 2.05) is 0 Å². The first-order chi connectivity index (χ1) is 9.56. The fourth-order valence-electron chi connectivity index (χ4n) is 3.14. The van der Waals surface area contributed by atoms with Crippen molar-refractivity contribution in [3.05, 3.63) is 70.3 Å². The van der Waals surface area contributed by atoms with Crippen LogP contribution < -0.4 is 0 Å². The number of hydrogen-bond acceptors (Lipinski definition) is 1. The maximum Gasteiger partial charge on any atom is 0.159 e. The van der Waals surface area contributed by atoms with Gasteiger partial charge in [0.1, 0.15) is 0 Å². The summed E-state index contributed by atoms with van der Waals surface area (Å²) in [4.78, 5) is 2.22. The molecule has 1 nitrogen and oxygen atoms in total. The second-order valence-corrected chi connectivity index (χ2v) is 5.57. The van der Waals surface area contributed by atoms with Gasteiger partial charge in [-0.2, -0.15) is 0 Å². The van der Waals surface area contributed by atoms with Crippen molar-refractivity contribution >= 4 is 0 Å². The third-order valence-electron chi connectivity index (χ3n) is 4.04. The molecule has 0 amide bonds. The summed E-state index contributed by atoms with van der Waals surface area (Å²) in [6, 6.07) is 10.5. The second kappa shape index (κ2) is 4.98. The van der Waals surface area contributed by atoms with Crippen LogP contribution in [0, 0.1) is 18.6 Å². The number of aryl methyl sites for hydroxylation is 1. The van der Waals surface area contributed by atoms with Gasteiger partial charge in [-0.3, -0.25) is 0 Å². The van der Waals surface area contributed by atoms with Crippen LogP contribution in [0.5, 0.6) is 0 Å². The Balaban J connectivity index is 2.12. The maximum atomic E-state index is 13.5. The number of benzene rings is 2. The van der Waals surface area contributed by atoms with Crippen LogP contribution in [0.3, 0.4) is 0 Å². The van der Waals surface area contributed by atoms with Crippen LogP contribution >= 0.6 is 0 Å². The van der Waals surface area contributed by atoms with E-state index in [1.165, 1.54) is 28.8 Å². The molecule has 2 aromatic rings. The molecular weight excluding hydrogens is 256 g/mol. The van der Waals surface area contributed by atoms with Gasteiger partial charge in [0.2, 0.25) is 0 Å². The van der Waals surface area contributed by atoms with E-state index in [0.29, 0.717) is 0 Å². The van der Waals surface area contributed by atoms with E-state index in [2.05, 4.69) is 37.1 Å². The molecule has 0 N–H and O–H groups in total. The summed E-state index contributed by atoms with van der Waals surface area (Å²) in [5, 5.41) is 0. The maximum absolute atomic E-state index is 13.5. The monoisotopic (exact) mass is 273 g/mol. The zero-order chi connectivity index (χ0) is 14.3. The average Bonchev–Trinajstić information content (AvgIpc) is 2.41. The van der Waals surface area contributed by atoms with Crippen molar-refractivity contribution in [3.63, 3.8) is 0 Å². The molecule has 0 spiro atoms. The van der Waals surface area contributed by atoms with Gasteiger partial charge in [0.15, 0.2) is 11.6 Å². The minimum absolute atomic E-state index is 0.0973. The van der Waals surface area contributed by atoms with Gasteiger partial charge in [-0.05, 0) is 48.4 Å². The topological polar surface area (TPSA) is 3.24 Å². The lowest BCUT2D eigenvalue weighted by molar-refractivity contribution is 0.294. The molecule has 1 atom stereocenters. The fourth-order valence-corrected chi connectivity index (χ4v) is 3.14. The average molecular weight is 273 g/mol. The molecule has 0 aliphatic carbocycles. The van der Waals surface area contributed by atoms with Crippen molar-refractivity contribution < 1.29 is 8.78 Å². The third kappa shape index (κ3) is 2.22. The number of nitrogens with zero attached hydrogens (tertiary/aromatic N) is 1. The van der Waals surface area contributed by atoms with Crippen LogP contribution in [0.2, 0.25) is 0 Å². The highest BCUT2D eigenvalue weighted by molar-refractivity contribution is 5.45. The summed E-state index contributed by atoms with van der Waals surface area (Å²) < 4.78 is 26.7. The molecule has 0 bridgehead atoms. The van der Waals surface area contributed by atoms with Crippen molar-refractivity contribution in [2.24, 2.45) is 0 Å². The van der Waals surface area contributed by atoms with Gasteiger partial charge >= 0.3 is 0 Å².